The van der Waals surface area contributed by atoms with Crippen LogP contribution in [0.15, 0.2) is 42.7 Å². The molecule has 0 saturated heterocycles. The molecule has 0 spiro atoms. The molecule has 0 saturated carbocycles. The SMILES string of the molecule is Cc1cc(Nc2cccc3cnccc23)nc(Cl)n1. The maximum absolute atomic E-state index is 5.86. The number of anilines is 2. The number of aryl methyl sites for hydroxylation is 1. The number of benzene rings is 1. The molecule has 94 valence electrons. The van der Waals surface area contributed by atoms with Crippen LogP contribution in [-0.4, -0.2) is 15.0 Å². The summed E-state index contributed by atoms with van der Waals surface area (Å²) in [5.74, 6) is 0.682. The second-order valence-electron chi connectivity index (χ2n) is 4.19. The Bertz CT molecular complexity index is 717. The Kier molecular flexibility index (Phi) is 3.01. The summed E-state index contributed by atoms with van der Waals surface area (Å²) in [7, 11) is 0. The highest BCUT2D eigenvalue weighted by Gasteiger charge is 2.04. The fourth-order valence-corrected chi connectivity index (χ4v) is 2.19. The van der Waals surface area contributed by atoms with E-state index in [-0.39, 0.29) is 5.28 Å². The van der Waals surface area contributed by atoms with E-state index in [9.17, 15) is 0 Å². The lowest BCUT2D eigenvalue weighted by atomic mass is 10.1. The van der Waals surface area contributed by atoms with Gasteiger partial charge in [-0.05, 0) is 30.7 Å². The van der Waals surface area contributed by atoms with Gasteiger partial charge in [0.05, 0.1) is 0 Å². The summed E-state index contributed by atoms with van der Waals surface area (Å²) >= 11 is 5.86. The van der Waals surface area contributed by atoms with E-state index in [4.69, 9.17) is 11.6 Å². The predicted octanol–water partition coefficient (Wildman–Crippen LogP) is 3.73. The van der Waals surface area contributed by atoms with E-state index in [0.717, 1.165) is 22.2 Å². The molecule has 0 unspecified atom stereocenters. The lowest BCUT2D eigenvalue weighted by Crippen LogP contribution is -1.97. The summed E-state index contributed by atoms with van der Waals surface area (Å²) in [6.07, 6.45) is 3.60. The van der Waals surface area contributed by atoms with Gasteiger partial charge in [-0.3, -0.25) is 4.98 Å². The standard InChI is InChI=1S/C14H11ClN4/c1-9-7-13(19-14(15)17-9)18-12-4-2-3-10-8-16-6-5-11(10)12/h2-8H,1H3,(H,17,18,19). The normalized spacial score (nSPS) is 10.6. The van der Waals surface area contributed by atoms with Crippen LogP contribution >= 0.6 is 11.6 Å². The molecule has 0 atom stereocenters. The molecule has 2 aromatic heterocycles. The van der Waals surface area contributed by atoms with Gasteiger partial charge in [0.1, 0.15) is 5.82 Å². The van der Waals surface area contributed by atoms with Gasteiger partial charge < -0.3 is 5.32 Å². The van der Waals surface area contributed by atoms with E-state index in [0.29, 0.717) is 5.82 Å². The van der Waals surface area contributed by atoms with Gasteiger partial charge in [-0.1, -0.05) is 12.1 Å². The molecule has 3 rings (SSSR count). The van der Waals surface area contributed by atoms with Crippen molar-refractivity contribution in [2.75, 3.05) is 5.32 Å². The molecule has 5 heteroatoms. The number of nitrogens with one attached hydrogen (secondary N) is 1. The van der Waals surface area contributed by atoms with E-state index in [1.165, 1.54) is 0 Å². The molecule has 0 amide bonds. The van der Waals surface area contributed by atoms with Gasteiger partial charge in [0.25, 0.3) is 0 Å². The van der Waals surface area contributed by atoms with Crippen molar-refractivity contribution in [2.24, 2.45) is 0 Å². The first kappa shape index (κ1) is 11.9. The van der Waals surface area contributed by atoms with Gasteiger partial charge in [-0.15, -0.1) is 0 Å². The van der Waals surface area contributed by atoms with Crippen LogP contribution in [0.25, 0.3) is 10.8 Å². The maximum atomic E-state index is 5.86. The highest BCUT2D eigenvalue weighted by Crippen LogP contribution is 2.25. The third-order valence-corrected chi connectivity index (χ3v) is 2.94. The van der Waals surface area contributed by atoms with E-state index >= 15 is 0 Å². The second kappa shape index (κ2) is 4.82. The van der Waals surface area contributed by atoms with E-state index in [1.807, 2.05) is 43.5 Å². The van der Waals surface area contributed by atoms with Crippen LogP contribution < -0.4 is 5.32 Å². The number of hydrogen-bond donors (Lipinski definition) is 1. The lowest BCUT2D eigenvalue weighted by molar-refractivity contribution is 1.10. The number of fused-ring (bicyclic) bond motifs is 1. The van der Waals surface area contributed by atoms with E-state index in [1.54, 1.807) is 6.20 Å². The average molecular weight is 271 g/mol. The third kappa shape index (κ3) is 2.48. The Morgan fingerprint density at radius 2 is 2.05 bits per heavy atom. The maximum Gasteiger partial charge on any atom is 0.224 e. The second-order valence-corrected chi connectivity index (χ2v) is 4.53. The van der Waals surface area contributed by atoms with Gasteiger partial charge >= 0.3 is 0 Å². The van der Waals surface area contributed by atoms with Crippen LogP contribution in [0.5, 0.6) is 0 Å². The molecule has 0 bridgehead atoms. The highest BCUT2D eigenvalue weighted by atomic mass is 35.5. The van der Waals surface area contributed by atoms with Crippen molar-refractivity contribution in [2.45, 2.75) is 6.92 Å². The summed E-state index contributed by atoms with van der Waals surface area (Å²) in [6, 6.07) is 9.81. The van der Waals surface area contributed by atoms with Crippen LogP contribution in [0.3, 0.4) is 0 Å². The minimum absolute atomic E-state index is 0.240. The molecule has 19 heavy (non-hydrogen) atoms. The Morgan fingerprint density at radius 3 is 2.89 bits per heavy atom. The van der Waals surface area contributed by atoms with Gasteiger partial charge in [-0.2, -0.15) is 0 Å². The van der Waals surface area contributed by atoms with E-state index < -0.39 is 0 Å². The monoisotopic (exact) mass is 270 g/mol. The minimum atomic E-state index is 0.240. The summed E-state index contributed by atoms with van der Waals surface area (Å²) < 4.78 is 0. The van der Waals surface area contributed by atoms with Crippen LogP contribution in [-0.2, 0) is 0 Å². The first-order valence-electron chi connectivity index (χ1n) is 5.83. The molecular weight excluding hydrogens is 260 g/mol. The first-order chi connectivity index (χ1) is 9.22. The average Bonchev–Trinajstić information content (AvgIpc) is 2.38. The Labute approximate surface area is 115 Å². The summed E-state index contributed by atoms with van der Waals surface area (Å²) in [5.41, 5.74) is 1.79. The molecule has 0 aliphatic heterocycles. The zero-order valence-electron chi connectivity index (χ0n) is 10.3. The molecular formula is C14H11ClN4. The molecule has 0 aliphatic rings. The smallest absolute Gasteiger partial charge is 0.224 e. The van der Waals surface area contributed by atoms with Crippen LogP contribution in [0, 0.1) is 6.92 Å². The molecule has 1 aromatic carbocycles. The summed E-state index contributed by atoms with van der Waals surface area (Å²) in [5, 5.41) is 5.67. The molecule has 2 heterocycles. The van der Waals surface area contributed by atoms with Gasteiger partial charge in [0.15, 0.2) is 0 Å². The molecule has 0 aliphatic carbocycles. The van der Waals surface area contributed by atoms with Crippen molar-refractivity contribution >= 4 is 33.9 Å². The number of rotatable bonds is 2. The van der Waals surface area contributed by atoms with Gasteiger partial charge in [0.2, 0.25) is 5.28 Å². The minimum Gasteiger partial charge on any atom is -0.340 e. The summed E-state index contributed by atoms with van der Waals surface area (Å²) in [6.45, 7) is 1.88. The van der Waals surface area contributed by atoms with Gasteiger partial charge in [0, 0.05) is 40.6 Å². The number of pyridine rings is 1. The van der Waals surface area contributed by atoms with Crippen LogP contribution in [0.2, 0.25) is 5.28 Å². The van der Waals surface area contributed by atoms with Crippen molar-refractivity contribution in [1.29, 1.82) is 0 Å². The predicted molar refractivity (Wildman–Crippen MR) is 76.8 cm³/mol. The Balaban J connectivity index is 2.05. The lowest BCUT2D eigenvalue weighted by Gasteiger charge is -2.09. The fourth-order valence-electron chi connectivity index (χ4n) is 1.97. The number of halogens is 1. The molecule has 0 fully saturated rings. The summed E-state index contributed by atoms with van der Waals surface area (Å²) in [4.78, 5) is 12.3. The number of hydrogen-bond acceptors (Lipinski definition) is 4. The quantitative estimate of drug-likeness (QED) is 0.721. The van der Waals surface area contributed by atoms with Crippen LogP contribution in [0.1, 0.15) is 5.69 Å². The van der Waals surface area contributed by atoms with Crippen LogP contribution in [0.4, 0.5) is 11.5 Å². The molecule has 1 N–H and O–H groups in total. The Morgan fingerprint density at radius 1 is 1.16 bits per heavy atom. The zero-order valence-corrected chi connectivity index (χ0v) is 11.0. The third-order valence-electron chi connectivity index (χ3n) is 2.77. The largest absolute Gasteiger partial charge is 0.340 e. The zero-order chi connectivity index (χ0) is 13.2. The number of aromatic nitrogens is 3. The number of nitrogens with zero attached hydrogens (tertiary/aromatic N) is 3. The van der Waals surface area contributed by atoms with Crippen molar-refractivity contribution in [3.63, 3.8) is 0 Å². The fraction of sp³-hybridized carbons (Fsp3) is 0.0714. The molecule has 0 radical (unpaired) electrons. The highest BCUT2D eigenvalue weighted by molar-refractivity contribution is 6.28. The Hall–Kier alpha value is -2.20. The van der Waals surface area contributed by atoms with Crippen molar-refractivity contribution in [3.8, 4) is 0 Å². The van der Waals surface area contributed by atoms with Crippen molar-refractivity contribution in [3.05, 3.63) is 53.7 Å². The molecule has 4 nitrogen and oxygen atoms in total. The van der Waals surface area contributed by atoms with Gasteiger partial charge in [-0.25, -0.2) is 9.97 Å². The first-order valence-corrected chi connectivity index (χ1v) is 6.21. The topological polar surface area (TPSA) is 50.7 Å². The van der Waals surface area contributed by atoms with Crippen molar-refractivity contribution < 1.29 is 0 Å². The molecule has 3 aromatic rings. The van der Waals surface area contributed by atoms with Crippen molar-refractivity contribution in [1.82, 2.24) is 15.0 Å². The van der Waals surface area contributed by atoms with E-state index in [2.05, 4.69) is 20.3 Å².